The molecule has 0 N–H and O–H groups in total. The first kappa shape index (κ1) is 13.5. The van der Waals surface area contributed by atoms with E-state index in [1.807, 2.05) is 0 Å². The van der Waals surface area contributed by atoms with Crippen molar-refractivity contribution in [2.45, 2.75) is 19.8 Å². The highest BCUT2D eigenvalue weighted by Gasteiger charge is 2.18. The van der Waals surface area contributed by atoms with Gasteiger partial charge in [-0.1, -0.05) is 0 Å². The maximum Gasteiger partial charge on any atom is 0.260 e. The topological polar surface area (TPSA) is 46.6 Å². The van der Waals surface area contributed by atoms with Crippen LogP contribution in [0.1, 0.15) is 30.1 Å². The van der Waals surface area contributed by atoms with Gasteiger partial charge in [-0.2, -0.15) is 0 Å². The van der Waals surface area contributed by atoms with E-state index >= 15 is 0 Å². The van der Waals surface area contributed by atoms with Crippen molar-refractivity contribution < 1.29 is 18.7 Å². The van der Waals surface area contributed by atoms with E-state index in [1.54, 1.807) is 4.90 Å². The SMILES string of the molecule is CC(=O)c1ccc(OCC(=O)N2CCCC2)c(F)c1. The molecule has 0 atom stereocenters. The van der Waals surface area contributed by atoms with Crippen LogP contribution in [0.5, 0.6) is 5.75 Å². The highest BCUT2D eigenvalue weighted by Crippen LogP contribution is 2.19. The molecule has 5 heteroatoms. The van der Waals surface area contributed by atoms with Crippen LogP contribution in [0.25, 0.3) is 0 Å². The van der Waals surface area contributed by atoms with Crippen molar-refractivity contribution in [1.82, 2.24) is 4.90 Å². The van der Waals surface area contributed by atoms with Crippen LogP contribution in [0.15, 0.2) is 18.2 Å². The second-order valence-electron chi connectivity index (χ2n) is 4.58. The smallest absolute Gasteiger partial charge is 0.260 e. The number of likely N-dealkylation sites (tertiary alicyclic amines) is 1. The van der Waals surface area contributed by atoms with Gasteiger partial charge < -0.3 is 9.64 Å². The highest BCUT2D eigenvalue weighted by molar-refractivity contribution is 5.94. The second-order valence-corrected chi connectivity index (χ2v) is 4.58. The number of carbonyl (C=O) groups is 2. The number of hydrogen-bond acceptors (Lipinski definition) is 3. The molecule has 1 heterocycles. The van der Waals surface area contributed by atoms with Crippen LogP contribution in [0, 0.1) is 5.82 Å². The number of ether oxygens (including phenoxy) is 1. The Bertz CT molecular complexity index is 495. The monoisotopic (exact) mass is 265 g/mol. The van der Waals surface area contributed by atoms with Crippen LogP contribution in [-0.4, -0.2) is 36.3 Å². The molecule has 102 valence electrons. The third-order valence-electron chi connectivity index (χ3n) is 3.15. The van der Waals surface area contributed by atoms with Crippen LogP contribution < -0.4 is 4.74 Å². The molecule has 1 fully saturated rings. The summed E-state index contributed by atoms with van der Waals surface area (Å²) in [5.41, 5.74) is 0.288. The Morgan fingerprint density at radius 1 is 1.32 bits per heavy atom. The van der Waals surface area contributed by atoms with Crippen molar-refractivity contribution in [3.63, 3.8) is 0 Å². The first-order valence-electron chi connectivity index (χ1n) is 6.29. The molecule has 4 nitrogen and oxygen atoms in total. The lowest BCUT2D eigenvalue weighted by Gasteiger charge is -2.15. The lowest BCUT2D eigenvalue weighted by molar-refractivity contribution is -0.132. The zero-order valence-corrected chi connectivity index (χ0v) is 10.8. The van der Waals surface area contributed by atoms with E-state index in [4.69, 9.17) is 4.74 Å². The summed E-state index contributed by atoms with van der Waals surface area (Å²) in [6.07, 6.45) is 2.01. The average molecular weight is 265 g/mol. The predicted octanol–water partition coefficient (Wildman–Crippen LogP) is 2.03. The van der Waals surface area contributed by atoms with E-state index in [0.29, 0.717) is 0 Å². The summed E-state index contributed by atoms with van der Waals surface area (Å²) in [6.45, 7) is 2.68. The molecule has 0 bridgehead atoms. The van der Waals surface area contributed by atoms with Gasteiger partial charge >= 0.3 is 0 Å². The van der Waals surface area contributed by atoms with Crippen molar-refractivity contribution >= 4 is 11.7 Å². The Balaban J connectivity index is 1.95. The van der Waals surface area contributed by atoms with Crippen LogP contribution in [0.2, 0.25) is 0 Å². The second kappa shape index (κ2) is 5.82. The Hall–Kier alpha value is -1.91. The summed E-state index contributed by atoms with van der Waals surface area (Å²) in [5, 5.41) is 0. The average Bonchev–Trinajstić information content (AvgIpc) is 2.90. The van der Waals surface area contributed by atoms with Gasteiger partial charge in [0.2, 0.25) is 0 Å². The molecule has 2 rings (SSSR count). The molecule has 1 aromatic carbocycles. The molecule has 0 radical (unpaired) electrons. The fourth-order valence-electron chi connectivity index (χ4n) is 2.03. The van der Waals surface area contributed by atoms with Gasteiger partial charge in [-0.05, 0) is 38.0 Å². The highest BCUT2D eigenvalue weighted by atomic mass is 19.1. The molecule has 1 aliphatic heterocycles. The van der Waals surface area contributed by atoms with Crippen molar-refractivity contribution in [3.8, 4) is 5.75 Å². The summed E-state index contributed by atoms with van der Waals surface area (Å²) in [4.78, 5) is 24.5. The quantitative estimate of drug-likeness (QED) is 0.782. The fourth-order valence-corrected chi connectivity index (χ4v) is 2.03. The number of ketones is 1. The molecule has 0 saturated carbocycles. The Morgan fingerprint density at radius 2 is 2.00 bits per heavy atom. The number of amides is 1. The molecule has 1 amide bonds. The number of Topliss-reactive ketones (excluding diaryl/α,β-unsaturated/α-hetero) is 1. The number of benzene rings is 1. The zero-order valence-electron chi connectivity index (χ0n) is 10.8. The minimum Gasteiger partial charge on any atom is -0.481 e. The number of carbonyl (C=O) groups excluding carboxylic acids is 2. The van der Waals surface area contributed by atoms with E-state index < -0.39 is 5.82 Å². The fraction of sp³-hybridized carbons (Fsp3) is 0.429. The zero-order chi connectivity index (χ0) is 13.8. The summed E-state index contributed by atoms with van der Waals surface area (Å²) >= 11 is 0. The van der Waals surface area contributed by atoms with Gasteiger partial charge in [0.05, 0.1) is 0 Å². The largest absolute Gasteiger partial charge is 0.481 e. The number of halogens is 1. The lowest BCUT2D eigenvalue weighted by Crippen LogP contribution is -2.32. The van der Waals surface area contributed by atoms with E-state index in [0.717, 1.165) is 32.0 Å². The first-order valence-corrected chi connectivity index (χ1v) is 6.29. The molecule has 0 aliphatic carbocycles. The van der Waals surface area contributed by atoms with Gasteiger partial charge in [0.15, 0.2) is 24.0 Å². The summed E-state index contributed by atoms with van der Waals surface area (Å²) in [7, 11) is 0. The van der Waals surface area contributed by atoms with Crippen molar-refractivity contribution in [2.75, 3.05) is 19.7 Å². The minimum atomic E-state index is -0.623. The Labute approximate surface area is 111 Å². The Morgan fingerprint density at radius 3 is 2.58 bits per heavy atom. The van der Waals surface area contributed by atoms with Crippen LogP contribution in [-0.2, 0) is 4.79 Å². The number of hydrogen-bond donors (Lipinski definition) is 0. The molecule has 1 saturated heterocycles. The van der Waals surface area contributed by atoms with E-state index in [9.17, 15) is 14.0 Å². The van der Waals surface area contributed by atoms with Crippen molar-refractivity contribution in [2.24, 2.45) is 0 Å². The van der Waals surface area contributed by atoms with Crippen LogP contribution in [0.3, 0.4) is 0 Å². The third kappa shape index (κ3) is 3.30. The van der Waals surface area contributed by atoms with Crippen LogP contribution in [0.4, 0.5) is 4.39 Å². The molecular weight excluding hydrogens is 249 g/mol. The summed E-state index contributed by atoms with van der Waals surface area (Å²) in [5.74, 6) is -0.967. The predicted molar refractivity (Wildman–Crippen MR) is 67.7 cm³/mol. The Kier molecular flexibility index (Phi) is 4.14. The van der Waals surface area contributed by atoms with E-state index in [1.165, 1.54) is 19.1 Å². The first-order chi connectivity index (χ1) is 9.08. The van der Waals surface area contributed by atoms with Gasteiger partial charge in [0.1, 0.15) is 0 Å². The minimum absolute atomic E-state index is 0.00227. The molecule has 0 spiro atoms. The lowest BCUT2D eigenvalue weighted by atomic mass is 10.1. The van der Waals surface area contributed by atoms with Gasteiger partial charge in [-0.3, -0.25) is 9.59 Å². The maximum absolute atomic E-state index is 13.6. The molecular formula is C14H16FNO3. The summed E-state index contributed by atoms with van der Waals surface area (Å²) in [6, 6.07) is 3.99. The molecule has 1 aromatic rings. The molecule has 0 aromatic heterocycles. The molecule has 19 heavy (non-hydrogen) atoms. The van der Waals surface area contributed by atoms with Gasteiger partial charge in [-0.25, -0.2) is 4.39 Å². The normalized spacial score (nSPS) is 14.5. The molecule has 1 aliphatic rings. The number of nitrogens with zero attached hydrogens (tertiary/aromatic N) is 1. The van der Waals surface area contributed by atoms with E-state index in [-0.39, 0.29) is 29.6 Å². The van der Waals surface area contributed by atoms with Crippen LogP contribution >= 0.6 is 0 Å². The number of rotatable bonds is 4. The van der Waals surface area contributed by atoms with E-state index in [2.05, 4.69) is 0 Å². The summed E-state index contributed by atoms with van der Waals surface area (Å²) < 4.78 is 18.8. The van der Waals surface area contributed by atoms with Crippen molar-refractivity contribution in [1.29, 1.82) is 0 Å². The van der Waals surface area contributed by atoms with Gasteiger partial charge in [0, 0.05) is 18.7 Å². The maximum atomic E-state index is 13.6. The standard InChI is InChI=1S/C14H16FNO3/c1-10(17)11-4-5-13(12(15)8-11)19-9-14(18)16-6-2-3-7-16/h4-5,8H,2-3,6-7,9H2,1H3. The van der Waals surface area contributed by atoms with Gasteiger partial charge in [-0.15, -0.1) is 0 Å². The van der Waals surface area contributed by atoms with Gasteiger partial charge in [0.25, 0.3) is 5.91 Å². The third-order valence-corrected chi connectivity index (χ3v) is 3.15. The molecule has 0 unspecified atom stereocenters. The van der Waals surface area contributed by atoms with Crippen molar-refractivity contribution in [3.05, 3.63) is 29.6 Å².